The average molecular weight is 321 g/mol. The van der Waals surface area contributed by atoms with Crippen molar-refractivity contribution in [1.82, 2.24) is 0 Å². The van der Waals surface area contributed by atoms with Gasteiger partial charge in [0.05, 0.1) is 18.4 Å². The lowest BCUT2D eigenvalue weighted by molar-refractivity contribution is 0.414. The second-order valence-corrected chi connectivity index (χ2v) is 5.91. The van der Waals surface area contributed by atoms with Crippen LogP contribution in [0.15, 0.2) is 52.1 Å². The Labute approximate surface area is 140 Å². The van der Waals surface area contributed by atoms with Crippen molar-refractivity contribution in [1.29, 1.82) is 0 Å². The largest absolute Gasteiger partial charge is 0.497 e. The van der Waals surface area contributed by atoms with Crippen molar-refractivity contribution >= 4 is 5.69 Å². The summed E-state index contributed by atoms with van der Waals surface area (Å²) in [6.07, 6.45) is 0. The molecule has 1 N–H and O–H groups in total. The van der Waals surface area contributed by atoms with Gasteiger partial charge in [0.15, 0.2) is 0 Å². The molecule has 0 amide bonds. The zero-order valence-electron chi connectivity index (χ0n) is 14.0. The standard InChI is InChI=1S/C20H19NO3/c1-12-7-8-15(9-13(12)2)17-18(20(23)19(17)22)21-11-14-5-4-6-16(10-14)24-3/h4-10,21H,11H2,1-3H3. The predicted octanol–water partition coefficient (Wildman–Crippen LogP) is 3.19. The molecule has 0 aliphatic heterocycles. The van der Waals surface area contributed by atoms with E-state index in [4.69, 9.17) is 4.74 Å². The molecule has 3 aromatic rings. The predicted molar refractivity (Wildman–Crippen MR) is 96.6 cm³/mol. The van der Waals surface area contributed by atoms with Crippen LogP contribution in [0.2, 0.25) is 0 Å². The van der Waals surface area contributed by atoms with Crippen LogP contribution < -0.4 is 20.9 Å². The Morgan fingerprint density at radius 1 is 0.958 bits per heavy atom. The first-order valence-electron chi connectivity index (χ1n) is 7.79. The molecule has 0 atom stereocenters. The zero-order valence-corrected chi connectivity index (χ0v) is 14.0. The Morgan fingerprint density at radius 3 is 2.46 bits per heavy atom. The maximum absolute atomic E-state index is 12.0. The van der Waals surface area contributed by atoms with E-state index in [2.05, 4.69) is 5.32 Å². The van der Waals surface area contributed by atoms with Gasteiger partial charge in [-0.3, -0.25) is 9.59 Å². The van der Waals surface area contributed by atoms with Gasteiger partial charge in [-0.25, -0.2) is 0 Å². The van der Waals surface area contributed by atoms with Gasteiger partial charge in [0.25, 0.3) is 0 Å². The van der Waals surface area contributed by atoms with Crippen LogP contribution in [0.1, 0.15) is 16.7 Å². The van der Waals surface area contributed by atoms with Crippen molar-refractivity contribution in [2.75, 3.05) is 12.4 Å². The van der Waals surface area contributed by atoms with Gasteiger partial charge < -0.3 is 10.1 Å². The van der Waals surface area contributed by atoms with Crippen LogP contribution in [0.4, 0.5) is 5.69 Å². The molecule has 4 nitrogen and oxygen atoms in total. The molecule has 0 aliphatic rings. The number of nitrogens with one attached hydrogen (secondary N) is 1. The smallest absolute Gasteiger partial charge is 0.250 e. The third-order valence-electron chi connectivity index (χ3n) is 4.31. The van der Waals surface area contributed by atoms with Gasteiger partial charge in [-0.15, -0.1) is 0 Å². The summed E-state index contributed by atoms with van der Waals surface area (Å²) in [5.41, 5.74) is 4.02. The molecule has 0 heterocycles. The number of anilines is 1. The molecule has 24 heavy (non-hydrogen) atoms. The minimum Gasteiger partial charge on any atom is -0.497 e. The summed E-state index contributed by atoms with van der Waals surface area (Å²) in [6.45, 7) is 4.47. The molecule has 0 aromatic heterocycles. The third kappa shape index (κ3) is 2.83. The number of rotatable bonds is 5. The van der Waals surface area contributed by atoms with Crippen LogP contribution in [-0.4, -0.2) is 7.11 Å². The van der Waals surface area contributed by atoms with Crippen LogP contribution in [0.25, 0.3) is 11.1 Å². The first kappa shape index (κ1) is 16.0. The van der Waals surface area contributed by atoms with Crippen LogP contribution in [0.5, 0.6) is 5.75 Å². The van der Waals surface area contributed by atoms with Gasteiger partial charge >= 0.3 is 0 Å². The number of methoxy groups -OCH3 is 1. The van der Waals surface area contributed by atoms with Crippen molar-refractivity contribution in [3.63, 3.8) is 0 Å². The summed E-state index contributed by atoms with van der Waals surface area (Å²) in [4.78, 5) is 24.0. The molecular formula is C20H19NO3. The van der Waals surface area contributed by atoms with Gasteiger partial charge in [0.2, 0.25) is 10.9 Å². The molecule has 3 rings (SSSR count). The van der Waals surface area contributed by atoms with Gasteiger partial charge in [-0.2, -0.15) is 0 Å². The van der Waals surface area contributed by atoms with E-state index in [1.165, 1.54) is 0 Å². The molecule has 0 bridgehead atoms. The lowest BCUT2D eigenvalue weighted by atomic mass is 9.95. The van der Waals surface area contributed by atoms with Crippen LogP contribution >= 0.6 is 0 Å². The van der Waals surface area contributed by atoms with Crippen molar-refractivity contribution in [2.45, 2.75) is 20.4 Å². The third-order valence-corrected chi connectivity index (χ3v) is 4.31. The normalized spacial score (nSPS) is 10.8. The fourth-order valence-electron chi connectivity index (χ4n) is 2.71. The molecule has 0 radical (unpaired) electrons. The lowest BCUT2D eigenvalue weighted by Crippen LogP contribution is -2.36. The van der Waals surface area contributed by atoms with E-state index in [9.17, 15) is 9.59 Å². The molecule has 0 unspecified atom stereocenters. The maximum Gasteiger partial charge on any atom is 0.250 e. The highest BCUT2D eigenvalue weighted by Crippen LogP contribution is 2.26. The van der Waals surface area contributed by atoms with Gasteiger partial charge in [0, 0.05) is 6.54 Å². The minimum atomic E-state index is -0.453. The molecule has 0 aliphatic carbocycles. The van der Waals surface area contributed by atoms with Gasteiger partial charge in [-0.05, 0) is 48.2 Å². The fourth-order valence-corrected chi connectivity index (χ4v) is 2.71. The number of benzene rings is 2. The van der Waals surface area contributed by atoms with E-state index < -0.39 is 10.9 Å². The van der Waals surface area contributed by atoms with Crippen molar-refractivity contribution in [3.8, 4) is 16.9 Å². The van der Waals surface area contributed by atoms with E-state index >= 15 is 0 Å². The average Bonchev–Trinajstić information content (AvgIpc) is 2.60. The number of hydrogen-bond donors (Lipinski definition) is 1. The van der Waals surface area contributed by atoms with Crippen LogP contribution in [0.3, 0.4) is 0 Å². The summed E-state index contributed by atoms with van der Waals surface area (Å²) in [6, 6.07) is 13.4. The van der Waals surface area contributed by atoms with E-state index in [0.29, 0.717) is 17.8 Å². The Bertz CT molecular complexity index is 965. The highest BCUT2D eigenvalue weighted by molar-refractivity contribution is 5.82. The van der Waals surface area contributed by atoms with Crippen molar-refractivity contribution < 1.29 is 4.74 Å². The quantitative estimate of drug-likeness (QED) is 0.733. The summed E-state index contributed by atoms with van der Waals surface area (Å²) >= 11 is 0. The molecular weight excluding hydrogens is 302 g/mol. The molecule has 122 valence electrons. The second kappa shape index (κ2) is 6.32. The van der Waals surface area contributed by atoms with Gasteiger partial charge in [-0.1, -0.05) is 30.3 Å². The second-order valence-electron chi connectivity index (χ2n) is 5.91. The summed E-state index contributed by atoms with van der Waals surface area (Å²) < 4.78 is 5.19. The molecule has 0 spiro atoms. The van der Waals surface area contributed by atoms with Crippen molar-refractivity contribution in [2.24, 2.45) is 0 Å². The highest BCUT2D eigenvalue weighted by atomic mass is 16.5. The Balaban J connectivity index is 1.87. The lowest BCUT2D eigenvalue weighted by Gasteiger charge is -2.15. The summed E-state index contributed by atoms with van der Waals surface area (Å²) in [5, 5.41) is 3.10. The van der Waals surface area contributed by atoms with Crippen LogP contribution in [-0.2, 0) is 6.54 Å². The Hall–Kier alpha value is -2.88. The Morgan fingerprint density at radius 2 is 1.75 bits per heavy atom. The SMILES string of the molecule is COc1cccc(CNc2c(-c3ccc(C)c(C)c3)c(=O)c2=O)c1. The first-order chi connectivity index (χ1) is 11.5. The number of hydrogen-bond acceptors (Lipinski definition) is 4. The first-order valence-corrected chi connectivity index (χ1v) is 7.79. The molecule has 0 saturated carbocycles. The van der Waals surface area contributed by atoms with E-state index in [1.54, 1.807) is 7.11 Å². The van der Waals surface area contributed by atoms with Crippen LogP contribution in [0, 0.1) is 13.8 Å². The fraction of sp³-hybridized carbons (Fsp3) is 0.200. The van der Waals surface area contributed by atoms with E-state index in [0.717, 1.165) is 28.0 Å². The number of ether oxygens (including phenoxy) is 1. The summed E-state index contributed by atoms with van der Waals surface area (Å²) in [7, 11) is 1.61. The zero-order chi connectivity index (χ0) is 17.3. The van der Waals surface area contributed by atoms with Gasteiger partial charge in [0.1, 0.15) is 5.75 Å². The van der Waals surface area contributed by atoms with Crippen molar-refractivity contribution in [3.05, 3.63) is 79.6 Å². The topological polar surface area (TPSA) is 55.4 Å². The Kier molecular flexibility index (Phi) is 4.21. The molecule has 3 aromatic carbocycles. The maximum atomic E-state index is 12.0. The minimum absolute atomic E-state index is 0.395. The molecule has 0 saturated heterocycles. The monoisotopic (exact) mass is 321 g/mol. The summed E-state index contributed by atoms with van der Waals surface area (Å²) in [5.74, 6) is 0.758. The highest BCUT2D eigenvalue weighted by Gasteiger charge is 2.22. The van der Waals surface area contributed by atoms with E-state index in [-0.39, 0.29) is 0 Å². The molecule has 4 heteroatoms. The van der Waals surface area contributed by atoms with E-state index in [1.807, 2.05) is 56.3 Å². The molecule has 0 fully saturated rings. The number of aryl methyl sites for hydroxylation is 2.